The first-order valence-corrected chi connectivity index (χ1v) is 12.6. The first-order valence-electron chi connectivity index (χ1n) is 12.1. The average molecular weight is 492 g/mol. The van der Waals surface area contributed by atoms with Crippen LogP contribution in [-0.4, -0.2) is 40.4 Å². The normalized spacial score (nSPS) is 14.5. The predicted octanol–water partition coefficient (Wildman–Crippen LogP) is 4.17. The van der Waals surface area contributed by atoms with Crippen LogP contribution in [0.3, 0.4) is 0 Å². The number of amidine groups is 1. The summed E-state index contributed by atoms with van der Waals surface area (Å²) in [5, 5.41) is 10.5. The second kappa shape index (κ2) is 13.8. The molecule has 0 saturated carbocycles. The van der Waals surface area contributed by atoms with Crippen LogP contribution in [0.2, 0.25) is 0 Å². The van der Waals surface area contributed by atoms with Crippen molar-refractivity contribution in [2.45, 2.75) is 38.9 Å². The predicted molar refractivity (Wildman–Crippen MR) is 149 cm³/mol. The van der Waals surface area contributed by atoms with Crippen molar-refractivity contribution in [1.82, 2.24) is 20.6 Å². The van der Waals surface area contributed by atoms with Gasteiger partial charge in [-0.1, -0.05) is 63.2 Å². The van der Waals surface area contributed by atoms with Crippen LogP contribution in [-0.2, 0) is 6.54 Å². The fraction of sp³-hybridized carbons (Fsp3) is 0.370. The topological polar surface area (TPSA) is 100 Å². The third kappa shape index (κ3) is 8.35. The summed E-state index contributed by atoms with van der Waals surface area (Å²) >= 11 is 4.86. The van der Waals surface area contributed by atoms with Crippen molar-refractivity contribution in [3.05, 3.63) is 78.6 Å². The van der Waals surface area contributed by atoms with Crippen molar-refractivity contribution in [1.29, 1.82) is 0 Å². The Balaban J connectivity index is 1.82. The van der Waals surface area contributed by atoms with Gasteiger partial charge in [-0.05, 0) is 36.2 Å². The van der Waals surface area contributed by atoms with E-state index in [-0.39, 0.29) is 17.5 Å². The van der Waals surface area contributed by atoms with Gasteiger partial charge in [0, 0.05) is 36.7 Å². The molecule has 8 heteroatoms. The Labute approximate surface area is 214 Å². The number of aromatic nitrogens is 2. The van der Waals surface area contributed by atoms with Gasteiger partial charge in [0.25, 0.3) is 0 Å². The Bertz CT molecular complexity index is 1030. The summed E-state index contributed by atoms with van der Waals surface area (Å²) in [6, 6.07) is 20.2. The summed E-state index contributed by atoms with van der Waals surface area (Å²) in [5.41, 5.74) is 9.70. The Morgan fingerprint density at radius 1 is 0.971 bits per heavy atom. The first kappa shape index (κ1) is 26.7. The second-order valence-electron chi connectivity index (χ2n) is 8.83. The summed E-state index contributed by atoms with van der Waals surface area (Å²) in [6.07, 6.45) is 3.30. The molecular weight excluding hydrogens is 454 g/mol. The Kier molecular flexibility index (Phi) is 10.5. The Morgan fingerprint density at radius 2 is 1.66 bits per heavy atom. The van der Waals surface area contributed by atoms with E-state index in [9.17, 15) is 0 Å². The molecule has 7 nitrogen and oxygen atoms in total. The average Bonchev–Trinajstić information content (AvgIpc) is 2.87. The van der Waals surface area contributed by atoms with Gasteiger partial charge < -0.3 is 16.4 Å². The van der Waals surface area contributed by atoms with Gasteiger partial charge in [-0.25, -0.2) is 9.97 Å². The van der Waals surface area contributed by atoms with Gasteiger partial charge in [-0.2, -0.15) is 12.6 Å². The van der Waals surface area contributed by atoms with Gasteiger partial charge in [-0.15, -0.1) is 0 Å². The highest BCUT2D eigenvalue weighted by Crippen LogP contribution is 2.19. The van der Waals surface area contributed by atoms with Crippen LogP contribution in [0.15, 0.2) is 78.0 Å². The minimum atomic E-state index is -0.202. The highest BCUT2D eigenvalue weighted by atomic mass is 32.1. The zero-order chi connectivity index (χ0) is 25.0. The van der Waals surface area contributed by atoms with Gasteiger partial charge in [0.05, 0.1) is 17.5 Å². The fourth-order valence-corrected chi connectivity index (χ4v) is 4.18. The quantitative estimate of drug-likeness (QED) is 0.107. The summed E-state index contributed by atoms with van der Waals surface area (Å²) in [6.45, 7) is 8.43. The molecule has 2 aromatic carbocycles. The van der Waals surface area contributed by atoms with E-state index >= 15 is 0 Å². The van der Waals surface area contributed by atoms with Crippen LogP contribution < -0.4 is 21.7 Å². The number of aliphatic imine (C=N–C) groups is 1. The lowest BCUT2D eigenvalue weighted by atomic mass is 10.0. The van der Waals surface area contributed by atoms with E-state index in [0.29, 0.717) is 30.7 Å². The molecule has 1 heterocycles. The summed E-state index contributed by atoms with van der Waals surface area (Å²) < 4.78 is 0. The number of thiol groups is 1. The summed E-state index contributed by atoms with van der Waals surface area (Å²) in [5.74, 6) is 1.53. The molecule has 3 unspecified atom stereocenters. The van der Waals surface area contributed by atoms with E-state index in [1.807, 2.05) is 48.5 Å². The van der Waals surface area contributed by atoms with Crippen LogP contribution >= 0.6 is 12.6 Å². The lowest BCUT2D eigenvalue weighted by Gasteiger charge is -2.33. The SMILES string of the molecule is CCNC(S)C(C(N)=NCC(C)C)C(NCc1ccc(-c2ncccn2)cc1)Nc1ccccc1. The lowest BCUT2D eigenvalue weighted by Crippen LogP contribution is -2.54. The molecule has 0 fully saturated rings. The van der Waals surface area contributed by atoms with E-state index in [2.05, 4.69) is 58.8 Å². The number of anilines is 1. The maximum Gasteiger partial charge on any atom is 0.159 e. The summed E-state index contributed by atoms with van der Waals surface area (Å²) in [4.78, 5) is 13.4. The van der Waals surface area contributed by atoms with Crippen molar-refractivity contribution in [2.24, 2.45) is 22.6 Å². The van der Waals surface area contributed by atoms with Crippen molar-refractivity contribution < 1.29 is 0 Å². The van der Waals surface area contributed by atoms with Crippen LogP contribution in [0.1, 0.15) is 26.3 Å². The van der Waals surface area contributed by atoms with E-state index in [1.54, 1.807) is 12.4 Å². The molecule has 0 aliphatic heterocycles. The zero-order valence-corrected chi connectivity index (χ0v) is 21.6. The molecule has 0 amide bonds. The van der Waals surface area contributed by atoms with Crippen LogP contribution in [0, 0.1) is 11.8 Å². The maximum atomic E-state index is 6.57. The number of para-hydroxylation sites is 1. The van der Waals surface area contributed by atoms with Crippen LogP contribution in [0.4, 0.5) is 5.69 Å². The van der Waals surface area contributed by atoms with E-state index in [1.165, 1.54) is 0 Å². The highest BCUT2D eigenvalue weighted by Gasteiger charge is 2.30. The molecule has 1 aromatic heterocycles. The third-order valence-electron chi connectivity index (χ3n) is 5.49. The smallest absolute Gasteiger partial charge is 0.159 e. The molecule has 0 radical (unpaired) electrons. The Morgan fingerprint density at radius 3 is 2.29 bits per heavy atom. The summed E-state index contributed by atoms with van der Waals surface area (Å²) in [7, 11) is 0. The van der Waals surface area contributed by atoms with Gasteiger partial charge in [0.1, 0.15) is 5.84 Å². The molecule has 0 spiro atoms. The molecule has 0 aliphatic carbocycles. The van der Waals surface area contributed by atoms with Crippen molar-refractivity contribution in [3.63, 3.8) is 0 Å². The minimum Gasteiger partial charge on any atom is -0.387 e. The molecule has 5 N–H and O–H groups in total. The fourth-order valence-electron chi connectivity index (χ4n) is 3.67. The molecule has 3 atom stereocenters. The molecule has 0 bridgehead atoms. The molecule has 3 rings (SSSR count). The van der Waals surface area contributed by atoms with Crippen LogP contribution in [0.25, 0.3) is 11.4 Å². The second-order valence-corrected chi connectivity index (χ2v) is 9.38. The molecule has 0 saturated heterocycles. The van der Waals surface area contributed by atoms with E-state index < -0.39 is 0 Å². The number of hydrogen-bond donors (Lipinski definition) is 5. The van der Waals surface area contributed by atoms with Gasteiger partial charge in [0.2, 0.25) is 0 Å². The van der Waals surface area contributed by atoms with Crippen molar-refractivity contribution in [3.8, 4) is 11.4 Å². The number of hydrogen-bond acceptors (Lipinski definition) is 7. The van der Waals surface area contributed by atoms with Crippen molar-refractivity contribution in [2.75, 3.05) is 18.4 Å². The largest absolute Gasteiger partial charge is 0.387 e. The van der Waals surface area contributed by atoms with Gasteiger partial charge >= 0.3 is 0 Å². The van der Waals surface area contributed by atoms with Crippen molar-refractivity contribution >= 4 is 24.2 Å². The van der Waals surface area contributed by atoms with E-state index in [0.717, 1.165) is 23.4 Å². The lowest BCUT2D eigenvalue weighted by molar-refractivity contribution is 0.422. The molecule has 0 aliphatic rings. The number of rotatable bonds is 13. The van der Waals surface area contributed by atoms with E-state index in [4.69, 9.17) is 23.4 Å². The third-order valence-corrected chi connectivity index (χ3v) is 6.00. The standard InChI is InChI=1S/C27H37N7S/c1-4-29-27(35)23(24(28)32-17-19(2)3)26(34-22-9-6-5-7-10-22)33-18-20-11-13-21(14-12-20)25-30-15-8-16-31-25/h5-16,19,23,26-27,29,33-35H,4,17-18H2,1-3H3,(H2,28,32). The number of nitrogens with zero attached hydrogens (tertiary/aromatic N) is 3. The number of nitrogens with one attached hydrogen (secondary N) is 3. The molecular formula is C27H37N7S. The number of benzene rings is 2. The number of nitrogens with two attached hydrogens (primary N) is 1. The highest BCUT2D eigenvalue weighted by molar-refractivity contribution is 7.81. The molecule has 186 valence electrons. The first-order chi connectivity index (χ1) is 17.0. The monoisotopic (exact) mass is 491 g/mol. The molecule has 35 heavy (non-hydrogen) atoms. The van der Waals surface area contributed by atoms with Crippen LogP contribution in [0.5, 0.6) is 0 Å². The maximum absolute atomic E-state index is 6.57. The van der Waals surface area contributed by atoms with Gasteiger partial charge in [0.15, 0.2) is 5.82 Å². The Hall–Kier alpha value is -2.94. The minimum absolute atomic E-state index is 0.178. The molecule has 3 aromatic rings. The zero-order valence-electron chi connectivity index (χ0n) is 20.7. The van der Waals surface area contributed by atoms with Gasteiger partial charge in [-0.3, -0.25) is 10.3 Å².